The first-order valence-electron chi connectivity index (χ1n) is 4.43. The van der Waals surface area contributed by atoms with Crippen LogP contribution in [0.1, 0.15) is 5.56 Å². The molecule has 0 spiro atoms. The Balaban J connectivity index is 2.95. The predicted molar refractivity (Wildman–Crippen MR) is 63.8 cm³/mol. The third-order valence-corrected chi connectivity index (χ3v) is 2.69. The maximum absolute atomic E-state index is 6.05. The number of benzene rings is 1. The molecule has 0 atom stereocenters. The van der Waals surface area contributed by atoms with Crippen LogP contribution in [-0.4, -0.2) is 17.0 Å². The molecule has 1 aromatic carbocycles. The van der Waals surface area contributed by atoms with Gasteiger partial charge in [-0.25, -0.2) is 9.97 Å². The van der Waals surface area contributed by atoms with Crippen molar-refractivity contribution >= 4 is 39.9 Å². The minimum atomic E-state index is 0.194. The van der Waals surface area contributed by atoms with Crippen molar-refractivity contribution in [3.63, 3.8) is 0 Å². The van der Waals surface area contributed by atoms with Crippen molar-refractivity contribution in [1.82, 2.24) is 9.97 Å². The van der Waals surface area contributed by atoms with E-state index in [9.17, 15) is 0 Å². The highest BCUT2D eigenvalue weighted by Crippen LogP contribution is 2.30. The third-order valence-electron chi connectivity index (χ3n) is 2.22. The molecule has 2 aromatic rings. The second-order valence-corrected chi connectivity index (χ2v) is 3.92. The standard InChI is InChI=1S/C10H9Cl2N3/c1-5-3-4-6(11)8-7(5)9(13-2)15-10(12)14-8/h3-4H,1-2H3,(H,13,14,15). The van der Waals surface area contributed by atoms with Crippen molar-refractivity contribution in [2.24, 2.45) is 0 Å². The van der Waals surface area contributed by atoms with Crippen LogP contribution in [0.4, 0.5) is 5.82 Å². The van der Waals surface area contributed by atoms with Crippen molar-refractivity contribution in [1.29, 1.82) is 0 Å². The van der Waals surface area contributed by atoms with Crippen molar-refractivity contribution < 1.29 is 0 Å². The van der Waals surface area contributed by atoms with E-state index >= 15 is 0 Å². The second-order valence-electron chi connectivity index (χ2n) is 3.18. The highest BCUT2D eigenvalue weighted by molar-refractivity contribution is 6.36. The molecule has 0 saturated heterocycles. The molecule has 0 saturated carbocycles. The number of nitrogens with zero attached hydrogens (tertiary/aromatic N) is 2. The van der Waals surface area contributed by atoms with Crippen LogP contribution < -0.4 is 5.32 Å². The third kappa shape index (κ3) is 1.73. The van der Waals surface area contributed by atoms with Crippen LogP contribution in [0.3, 0.4) is 0 Å². The molecule has 15 heavy (non-hydrogen) atoms. The maximum Gasteiger partial charge on any atom is 0.224 e. The fraction of sp³-hybridized carbons (Fsp3) is 0.200. The van der Waals surface area contributed by atoms with Gasteiger partial charge in [0.25, 0.3) is 0 Å². The number of aromatic nitrogens is 2. The van der Waals surface area contributed by atoms with Crippen molar-refractivity contribution in [2.75, 3.05) is 12.4 Å². The van der Waals surface area contributed by atoms with E-state index in [0.29, 0.717) is 16.4 Å². The normalized spacial score (nSPS) is 10.7. The van der Waals surface area contributed by atoms with Crippen molar-refractivity contribution in [3.05, 3.63) is 28.0 Å². The van der Waals surface area contributed by atoms with Gasteiger partial charge in [-0.1, -0.05) is 17.7 Å². The lowest BCUT2D eigenvalue weighted by molar-refractivity contribution is 1.20. The average Bonchev–Trinajstić information content (AvgIpc) is 2.22. The van der Waals surface area contributed by atoms with Crippen LogP contribution in [0.5, 0.6) is 0 Å². The lowest BCUT2D eigenvalue weighted by Crippen LogP contribution is -1.98. The summed E-state index contributed by atoms with van der Waals surface area (Å²) in [5.74, 6) is 0.699. The number of fused-ring (bicyclic) bond motifs is 1. The number of nitrogens with one attached hydrogen (secondary N) is 1. The van der Waals surface area contributed by atoms with Gasteiger partial charge in [0, 0.05) is 12.4 Å². The Morgan fingerprint density at radius 3 is 2.60 bits per heavy atom. The summed E-state index contributed by atoms with van der Waals surface area (Å²) < 4.78 is 0. The topological polar surface area (TPSA) is 37.8 Å². The molecule has 0 radical (unpaired) electrons. The zero-order valence-corrected chi connectivity index (χ0v) is 9.82. The van der Waals surface area contributed by atoms with Crippen molar-refractivity contribution in [3.8, 4) is 0 Å². The lowest BCUT2D eigenvalue weighted by atomic mass is 10.1. The predicted octanol–water partition coefficient (Wildman–Crippen LogP) is 3.29. The fourth-order valence-corrected chi connectivity index (χ4v) is 1.89. The first kappa shape index (κ1) is 10.5. The summed E-state index contributed by atoms with van der Waals surface area (Å²) in [6.07, 6.45) is 0. The van der Waals surface area contributed by atoms with Gasteiger partial charge in [-0.3, -0.25) is 0 Å². The van der Waals surface area contributed by atoms with Crippen LogP contribution >= 0.6 is 23.2 Å². The zero-order chi connectivity index (χ0) is 11.0. The Kier molecular flexibility index (Phi) is 2.67. The number of halogens is 2. The Bertz CT molecular complexity index is 526. The number of hydrogen-bond acceptors (Lipinski definition) is 3. The molecule has 0 fully saturated rings. The summed E-state index contributed by atoms with van der Waals surface area (Å²) in [6, 6.07) is 3.74. The molecule has 2 rings (SSSR count). The average molecular weight is 242 g/mol. The molecule has 0 aliphatic carbocycles. The summed E-state index contributed by atoms with van der Waals surface area (Å²) >= 11 is 11.9. The highest BCUT2D eigenvalue weighted by atomic mass is 35.5. The van der Waals surface area contributed by atoms with Gasteiger partial charge in [-0.2, -0.15) is 0 Å². The van der Waals surface area contributed by atoms with Gasteiger partial charge in [0.1, 0.15) is 5.82 Å². The van der Waals surface area contributed by atoms with Crippen molar-refractivity contribution in [2.45, 2.75) is 6.92 Å². The van der Waals surface area contributed by atoms with E-state index in [-0.39, 0.29) is 5.28 Å². The molecule has 0 aliphatic heterocycles. The Hall–Kier alpha value is -1.06. The molecule has 78 valence electrons. The minimum Gasteiger partial charge on any atom is -0.372 e. The highest BCUT2D eigenvalue weighted by Gasteiger charge is 2.10. The quantitative estimate of drug-likeness (QED) is 0.779. The summed E-state index contributed by atoms with van der Waals surface area (Å²) in [7, 11) is 1.79. The molecule has 0 bridgehead atoms. The molecule has 5 heteroatoms. The zero-order valence-electron chi connectivity index (χ0n) is 8.31. The monoisotopic (exact) mass is 241 g/mol. The minimum absolute atomic E-state index is 0.194. The van der Waals surface area contributed by atoms with Crippen LogP contribution in [0.15, 0.2) is 12.1 Å². The molecule has 1 aromatic heterocycles. The number of anilines is 1. The smallest absolute Gasteiger partial charge is 0.224 e. The van der Waals surface area contributed by atoms with Crippen LogP contribution in [-0.2, 0) is 0 Å². The number of rotatable bonds is 1. The van der Waals surface area contributed by atoms with E-state index in [1.54, 1.807) is 7.05 Å². The molecule has 1 N–H and O–H groups in total. The second kappa shape index (κ2) is 3.83. The number of hydrogen-bond donors (Lipinski definition) is 1. The van der Waals surface area contributed by atoms with E-state index in [2.05, 4.69) is 15.3 Å². The van der Waals surface area contributed by atoms with Gasteiger partial charge >= 0.3 is 0 Å². The first-order valence-corrected chi connectivity index (χ1v) is 5.19. The van der Waals surface area contributed by atoms with Crippen LogP contribution in [0.2, 0.25) is 10.3 Å². The Morgan fingerprint density at radius 2 is 1.93 bits per heavy atom. The summed E-state index contributed by atoms with van der Waals surface area (Å²) in [5, 5.41) is 4.67. The van der Waals surface area contributed by atoms with E-state index in [1.165, 1.54) is 0 Å². The van der Waals surface area contributed by atoms with E-state index in [1.807, 2.05) is 19.1 Å². The van der Waals surface area contributed by atoms with Crippen LogP contribution in [0.25, 0.3) is 10.9 Å². The number of aryl methyl sites for hydroxylation is 1. The summed E-state index contributed by atoms with van der Waals surface area (Å²) in [5.41, 5.74) is 1.75. The summed E-state index contributed by atoms with van der Waals surface area (Å²) in [4.78, 5) is 8.23. The van der Waals surface area contributed by atoms with E-state index in [0.717, 1.165) is 10.9 Å². The Labute approximate surface area is 97.4 Å². The maximum atomic E-state index is 6.05. The SMILES string of the molecule is CNc1nc(Cl)nc2c(Cl)ccc(C)c12. The largest absolute Gasteiger partial charge is 0.372 e. The van der Waals surface area contributed by atoms with Gasteiger partial charge in [-0.05, 0) is 30.2 Å². The molecule has 1 heterocycles. The van der Waals surface area contributed by atoms with Gasteiger partial charge in [0.05, 0.1) is 10.5 Å². The first-order chi connectivity index (χ1) is 7.13. The van der Waals surface area contributed by atoms with Gasteiger partial charge < -0.3 is 5.32 Å². The fourth-order valence-electron chi connectivity index (χ4n) is 1.52. The van der Waals surface area contributed by atoms with E-state index in [4.69, 9.17) is 23.2 Å². The van der Waals surface area contributed by atoms with Crippen LogP contribution in [0, 0.1) is 6.92 Å². The van der Waals surface area contributed by atoms with E-state index < -0.39 is 0 Å². The molecule has 0 amide bonds. The van der Waals surface area contributed by atoms with Gasteiger partial charge in [0.15, 0.2) is 0 Å². The van der Waals surface area contributed by atoms with Gasteiger partial charge in [-0.15, -0.1) is 0 Å². The Morgan fingerprint density at radius 1 is 1.20 bits per heavy atom. The lowest BCUT2D eigenvalue weighted by Gasteiger charge is -2.08. The molecule has 0 unspecified atom stereocenters. The molecule has 0 aliphatic rings. The molecular formula is C10H9Cl2N3. The molecule has 3 nitrogen and oxygen atoms in total. The summed E-state index contributed by atoms with van der Waals surface area (Å²) in [6.45, 7) is 1.98. The molecular weight excluding hydrogens is 233 g/mol. The van der Waals surface area contributed by atoms with Gasteiger partial charge in [0.2, 0.25) is 5.28 Å².